The highest BCUT2D eigenvalue weighted by atomic mass is 35.5. The lowest BCUT2D eigenvalue weighted by molar-refractivity contribution is -0.141. The van der Waals surface area contributed by atoms with Crippen molar-refractivity contribution >= 4 is 29.3 Å². The van der Waals surface area contributed by atoms with Crippen LogP contribution in [0, 0.1) is 0 Å². The van der Waals surface area contributed by atoms with E-state index in [4.69, 9.17) is 16.3 Å². The van der Waals surface area contributed by atoms with Gasteiger partial charge in [0.05, 0.1) is 14.2 Å². The van der Waals surface area contributed by atoms with Gasteiger partial charge < -0.3 is 9.47 Å². The summed E-state index contributed by atoms with van der Waals surface area (Å²) in [4.78, 5) is 22.8. The highest BCUT2D eigenvalue weighted by molar-refractivity contribution is 7.99. The van der Waals surface area contributed by atoms with Crippen LogP contribution < -0.4 is 4.74 Å². The monoisotopic (exact) mass is 317 g/mol. The van der Waals surface area contributed by atoms with Crippen LogP contribution >= 0.6 is 23.4 Å². The van der Waals surface area contributed by atoms with Gasteiger partial charge in [-0.05, 0) is 33.8 Å². The Morgan fingerprint density at radius 1 is 1.35 bits per heavy atom. The van der Waals surface area contributed by atoms with Crippen molar-refractivity contribution in [1.29, 1.82) is 0 Å². The van der Waals surface area contributed by atoms with Gasteiger partial charge in [0.15, 0.2) is 0 Å². The molecule has 2 rings (SSSR count). The molecule has 0 fully saturated rings. The van der Waals surface area contributed by atoms with E-state index in [0.29, 0.717) is 5.16 Å². The molecule has 0 unspecified atom stereocenters. The Balaban J connectivity index is 2.20. The topological polar surface area (TPSA) is 118 Å². The van der Waals surface area contributed by atoms with Gasteiger partial charge in [0, 0.05) is 0 Å². The van der Waals surface area contributed by atoms with E-state index < -0.39 is 5.97 Å². The summed E-state index contributed by atoms with van der Waals surface area (Å²) >= 11 is 6.74. The van der Waals surface area contributed by atoms with Gasteiger partial charge in [-0.25, -0.2) is 4.68 Å². The van der Waals surface area contributed by atoms with Crippen molar-refractivity contribution < 1.29 is 14.3 Å². The highest BCUT2D eigenvalue weighted by Gasteiger charge is 2.15. The third-order valence-corrected chi connectivity index (χ3v) is 2.95. The number of rotatable bonds is 5. The van der Waals surface area contributed by atoms with E-state index in [-0.39, 0.29) is 23.0 Å². The lowest BCUT2D eigenvalue weighted by Crippen LogP contribution is -2.13. The lowest BCUT2D eigenvalue weighted by Gasteiger charge is -2.03. The zero-order valence-corrected chi connectivity index (χ0v) is 11.9. The fourth-order valence-electron chi connectivity index (χ4n) is 1.09. The van der Waals surface area contributed by atoms with Crippen LogP contribution in [0.25, 0.3) is 0 Å². The quantitative estimate of drug-likeness (QED) is 0.688. The molecule has 0 radical (unpaired) electrons. The summed E-state index contributed by atoms with van der Waals surface area (Å²) in [5.41, 5.74) is 0. The fourth-order valence-corrected chi connectivity index (χ4v) is 1.99. The molecule has 2 heterocycles. The molecular formula is C8H8ClN7O3S. The Hall–Kier alpha value is -2.01. The van der Waals surface area contributed by atoms with E-state index >= 15 is 0 Å². The number of hydrogen-bond acceptors (Lipinski definition) is 10. The molecule has 0 aliphatic rings. The summed E-state index contributed by atoms with van der Waals surface area (Å²) in [6, 6.07) is 0.0690. The maximum absolute atomic E-state index is 11.2. The zero-order chi connectivity index (χ0) is 14.5. The third-order valence-electron chi connectivity index (χ3n) is 1.94. The van der Waals surface area contributed by atoms with E-state index in [1.165, 1.54) is 18.9 Å². The van der Waals surface area contributed by atoms with Crippen LogP contribution in [-0.4, -0.2) is 55.3 Å². The summed E-state index contributed by atoms with van der Waals surface area (Å²) in [6.45, 7) is -0.123. The molecule has 0 saturated carbocycles. The molecule has 12 heteroatoms. The molecule has 0 atom stereocenters. The Morgan fingerprint density at radius 2 is 2.15 bits per heavy atom. The van der Waals surface area contributed by atoms with Crippen LogP contribution in [0.2, 0.25) is 5.28 Å². The number of carbonyl (C=O) groups is 1. The van der Waals surface area contributed by atoms with Gasteiger partial charge in [0.1, 0.15) is 6.54 Å². The number of nitrogens with zero attached hydrogens (tertiary/aromatic N) is 7. The molecule has 0 spiro atoms. The molecule has 0 aromatic carbocycles. The van der Waals surface area contributed by atoms with E-state index in [1.54, 1.807) is 0 Å². The van der Waals surface area contributed by atoms with Crippen molar-refractivity contribution in [2.45, 2.75) is 16.9 Å². The first-order valence-electron chi connectivity index (χ1n) is 5.08. The maximum Gasteiger partial charge on any atom is 0.327 e. The number of carbonyl (C=O) groups excluding carboxylic acids is 1. The van der Waals surface area contributed by atoms with E-state index in [1.807, 2.05) is 0 Å². The average molecular weight is 318 g/mol. The largest absolute Gasteiger partial charge is 0.468 e. The summed E-state index contributed by atoms with van der Waals surface area (Å²) in [6.07, 6.45) is 0. The van der Waals surface area contributed by atoms with E-state index in [2.05, 4.69) is 35.2 Å². The van der Waals surface area contributed by atoms with Gasteiger partial charge in [0.25, 0.3) is 0 Å². The molecule has 10 nitrogen and oxygen atoms in total. The smallest absolute Gasteiger partial charge is 0.327 e. The number of ether oxygens (including phenoxy) is 2. The molecule has 0 amide bonds. The van der Waals surface area contributed by atoms with Crippen molar-refractivity contribution in [3.63, 3.8) is 0 Å². The minimum atomic E-state index is -0.481. The zero-order valence-electron chi connectivity index (χ0n) is 10.3. The Morgan fingerprint density at radius 3 is 2.85 bits per heavy atom. The maximum atomic E-state index is 11.2. The van der Waals surface area contributed by atoms with Crippen LogP contribution in [0.1, 0.15) is 0 Å². The van der Waals surface area contributed by atoms with Crippen LogP contribution in [0.5, 0.6) is 6.01 Å². The number of hydrogen-bond donors (Lipinski definition) is 0. The third kappa shape index (κ3) is 3.51. The van der Waals surface area contributed by atoms with Crippen molar-refractivity contribution in [2.24, 2.45) is 0 Å². The van der Waals surface area contributed by atoms with Gasteiger partial charge in [0.2, 0.25) is 15.6 Å². The molecule has 0 N–H and O–H groups in total. The normalized spacial score (nSPS) is 10.3. The second kappa shape index (κ2) is 6.43. The molecular weight excluding hydrogens is 310 g/mol. The number of tetrazole rings is 1. The van der Waals surface area contributed by atoms with Crippen LogP contribution in [0.15, 0.2) is 10.3 Å². The first-order valence-corrected chi connectivity index (χ1v) is 6.28. The summed E-state index contributed by atoms with van der Waals surface area (Å²) < 4.78 is 10.7. The standard InChI is InChI=1S/C8H8ClN7O3S/c1-18-4(17)3-16-8(13-14-15-16)20-7-11-5(9)10-6(12-7)19-2/h3H2,1-2H3. The van der Waals surface area contributed by atoms with Crippen LogP contribution in [-0.2, 0) is 16.1 Å². The Kier molecular flexibility index (Phi) is 4.63. The van der Waals surface area contributed by atoms with Gasteiger partial charge >= 0.3 is 12.0 Å². The Bertz CT molecular complexity index is 622. The summed E-state index contributed by atoms with van der Waals surface area (Å²) in [7, 11) is 2.68. The van der Waals surface area contributed by atoms with Gasteiger partial charge in [-0.3, -0.25) is 4.79 Å². The van der Waals surface area contributed by atoms with Gasteiger partial charge in [-0.1, -0.05) is 0 Å². The number of esters is 1. The SMILES string of the molecule is COC(=O)Cn1nnnc1Sc1nc(Cl)nc(OC)n1. The Labute approximate surface area is 121 Å². The van der Waals surface area contributed by atoms with Crippen molar-refractivity contribution in [2.75, 3.05) is 14.2 Å². The molecule has 2 aromatic heterocycles. The second-order valence-corrected chi connectivity index (χ2v) is 4.44. The predicted octanol–water partition coefficient (Wildman–Crippen LogP) is -0.156. The molecule has 0 saturated heterocycles. The highest BCUT2D eigenvalue weighted by Crippen LogP contribution is 2.23. The van der Waals surface area contributed by atoms with Crippen LogP contribution in [0.4, 0.5) is 0 Å². The minimum absolute atomic E-state index is 0.0219. The van der Waals surface area contributed by atoms with Gasteiger partial charge in [-0.15, -0.1) is 5.10 Å². The van der Waals surface area contributed by atoms with E-state index in [0.717, 1.165) is 11.8 Å². The van der Waals surface area contributed by atoms with Crippen molar-refractivity contribution in [3.8, 4) is 6.01 Å². The first-order chi connectivity index (χ1) is 9.62. The second-order valence-electron chi connectivity index (χ2n) is 3.17. The van der Waals surface area contributed by atoms with Crippen molar-refractivity contribution in [3.05, 3.63) is 5.28 Å². The molecule has 0 aliphatic heterocycles. The first kappa shape index (κ1) is 14.4. The summed E-state index contributed by atoms with van der Waals surface area (Å²) in [5.74, 6) is -0.481. The molecule has 106 valence electrons. The van der Waals surface area contributed by atoms with Crippen LogP contribution in [0.3, 0.4) is 0 Å². The molecule has 20 heavy (non-hydrogen) atoms. The predicted molar refractivity (Wildman–Crippen MR) is 65.3 cm³/mol. The minimum Gasteiger partial charge on any atom is -0.468 e. The van der Waals surface area contributed by atoms with Crippen molar-refractivity contribution in [1.82, 2.24) is 35.2 Å². The average Bonchev–Trinajstić information content (AvgIpc) is 2.85. The fraction of sp³-hybridized carbons (Fsp3) is 0.375. The molecule has 2 aromatic rings. The number of halogens is 1. The molecule has 0 aliphatic carbocycles. The lowest BCUT2D eigenvalue weighted by atomic mass is 10.7. The van der Waals surface area contributed by atoms with E-state index in [9.17, 15) is 4.79 Å². The number of methoxy groups -OCH3 is 2. The van der Waals surface area contributed by atoms with Gasteiger partial charge in [-0.2, -0.15) is 15.0 Å². The molecule has 0 bridgehead atoms. The number of aromatic nitrogens is 7. The summed E-state index contributed by atoms with van der Waals surface area (Å²) in [5, 5.41) is 11.4.